The van der Waals surface area contributed by atoms with Gasteiger partial charge in [0.15, 0.2) is 0 Å². The maximum atomic E-state index is 13.2. The zero-order chi connectivity index (χ0) is 51.7. The number of ether oxygens (including phenoxy) is 1. The number of urea groups is 3. The average molecular weight is 1020 g/mol. The molecule has 0 spiro atoms. The second-order valence-corrected chi connectivity index (χ2v) is 22.6. The highest BCUT2D eigenvalue weighted by Gasteiger charge is 2.44. The van der Waals surface area contributed by atoms with Crippen molar-refractivity contribution in [2.75, 3.05) is 26.7 Å². The number of carbonyl (C=O) groups is 6. The van der Waals surface area contributed by atoms with Gasteiger partial charge in [-0.3, -0.25) is 24.2 Å². The fourth-order valence-corrected chi connectivity index (χ4v) is 11.2. The van der Waals surface area contributed by atoms with Gasteiger partial charge in [-0.15, -0.1) is 0 Å². The molecule has 4 aliphatic rings. The maximum absolute atomic E-state index is 13.2. The fraction of sp³-hybridized carbons (Fsp3) is 0.490. The number of fused-ring (bicyclic) bond motifs is 1. The summed E-state index contributed by atoms with van der Waals surface area (Å²) >= 11 is 0. The van der Waals surface area contributed by atoms with Gasteiger partial charge in [-0.05, 0) is 143 Å². The third-order valence-electron chi connectivity index (χ3n) is 13.7. The molecular weight excluding hydrogens is 951 g/mol. The molecule has 0 radical (unpaired) electrons. The average Bonchev–Trinajstić information content (AvgIpc) is 3.63. The van der Waals surface area contributed by atoms with E-state index in [1.165, 1.54) is 41.2 Å². The molecule has 5 N–H and O–H groups in total. The van der Waals surface area contributed by atoms with Crippen LogP contribution in [-0.2, 0) is 47.9 Å². The van der Waals surface area contributed by atoms with Crippen LogP contribution >= 0.6 is 0 Å². The van der Waals surface area contributed by atoms with Crippen molar-refractivity contribution in [1.29, 1.82) is 0 Å². The summed E-state index contributed by atoms with van der Waals surface area (Å²) in [5, 5.41) is 8.22. The molecule has 3 aromatic rings. The van der Waals surface area contributed by atoms with Crippen LogP contribution in [0.4, 0.5) is 14.4 Å². The first-order valence-corrected chi connectivity index (χ1v) is 27.3. The molecule has 18 nitrogen and oxygen atoms in total. The van der Waals surface area contributed by atoms with Crippen molar-refractivity contribution in [2.45, 2.75) is 139 Å². The molecule has 2 aliphatic carbocycles. The van der Waals surface area contributed by atoms with Crippen molar-refractivity contribution in [3.8, 4) is 5.75 Å². The van der Waals surface area contributed by atoms with E-state index in [4.69, 9.17) is 4.74 Å². The van der Waals surface area contributed by atoms with Crippen molar-refractivity contribution in [3.63, 3.8) is 0 Å². The van der Waals surface area contributed by atoms with Gasteiger partial charge in [0.1, 0.15) is 5.75 Å². The summed E-state index contributed by atoms with van der Waals surface area (Å²) in [6, 6.07) is 15.5. The van der Waals surface area contributed by atoms with Crippen molar-refractivity contribution < 1.29 is 50.3 Å². The number of nitrogens with one attached hydrogen (secondary N) is 5. The lowest BCUT2D eigenvalue weighted by atomic mass is 9.77. The van der Waals surface area contributed by atoms with Gasteiger partial charge in [-0.2, -0.15) is 0 Å². The highest BCUT2D eigenvalue weighted by molar-refractivity contribution is 7.90. The molecule has 71 heavy (non-hydrogen) atoms. The number of hydrogen-bond donors (Lipinski definition) is 5. The molecule has 0 unspecified atom stereocenters. The van der Waals surface area contributed by atoms with Gasteiger partial charge in [-0.1, -0.05) is 63.4 Å². The van der Waals surface area contributed by atoms with Crippen LogP contribution < -0.4 is 30.1 Å². The Balaban J connectivity index is 0.000000233. The molecule has 0 aromatic heterocycles. The lowest BCUT2D eigenvalue weighted by molar-refractivity contribution is -0.134. The zero-order valence-electron chi connectivity index (χ0n) is 41.4. The predicted octanol–water partition coefficient (Wildman–Crippen LogP) is 6.59. The molecule has 0 bridgehead atoms. The van der Waals surface area contributed by atoms with E-state index in [0.29, 0.717) is 60.7 Å². The SMILES string of the molecule is CCC1=C(C)CN(C(=O)NCCc2ccc(S(=O)(=O)NC(=O)NC3CCC(C)CC3)cc2)C1=O.COc1ccc2c(c1)C(=O)N(CCc1ccc(S(=O)(=O)NC(=O)NC3CCCCC3)cc1)C(=O)C2(C)C. The second kappa shape index (κ2) is 23.3. The van der Waals surface area contributed by atoms with Crippen LogP contribution in [0.5, 0.6) is 5.75 Å². The standard InChI is InChI=1S/C27H33N3O6S.C24H34N4O5S/c1-27(2)23-14-11-20(36-3)17-22(23)24(31)30(25(27)32)16-15-18-9-12-21(13-10-18)37(34,35)29-26(33)28-19-7-5-4-6-8-19;1-4-21-17(3)15-28(22(21)29)24(31)25-14-13-18-7-11-20(12-8-18)34(32,33)27-23(30)26-19-9-5-16(2)6-10-19/h9-14,17,19H,4-8,15-16H2,1-3H3,(H2,28,29,33);7-8,11-12,16,19H,4-6,9-10,13-15H2,1-3H3,(H,25,31)(H2,26,27,30). The van der Waals surface area contributed by atoms with Crippen LogP contribution in [0.3, 0.4) is 0 Å². The molecule has 0 atom stereocenters. The lowest BCUT2D eigenvalue weighted by Crippen LogP contribution is -2.52. The van der Waals surface area contributed by atoms with Crippen LogP contribution in [0.15, 0.2) is 87.7 Å². The Hall–Kier alpha value is -6.28. The van der Waals surface area contributed by atoms with Crippen molar-refractivity contribution in [1.82, 2.24) is 35.2 Å². The fourth-order valence-electron chi connectivity index (χ4n) is 9.40. The monoisotopic (exact) mass is 1020 g/mol. The Bertz CT molecular complexity index is 2730. The molecule has 2 heterocycles. The highest BCUT2D eigenvalue weighted by atomic mass is 32.2. The number of methoxy groups -OCH3 is 1. The molecule has 9 amide bonds. The van der Waals surface area contributed by atoms with E-state index in [-0.39, 0.29) is 46.1 Å². The quantitative estimate of drug-likeness (QED) is 0.108. The molecule has 7 rings (SSSR count). The molecule has 384 valence electrons. The predicted molar refractivity (Wildman–Crippen MR) is 266 cm³/mol. The van der Waals surface area contributed by atoms with E-state index in [2.05, 4.69) is 32.3 Å². The minimum absolute atomic E-state index is 0.00639. The minimum Gasteiger partial charge on any atom is -0.497 e. The van der Waals surface area contributed by atoms with Crippen LogP contribution in [-0.4, -0.2) is 101 Å². The molecule has 2 aliphatic heterocycles. The van der Waals surface area contributed by atoms with Gasteiger partial charge in [0.2, 0.25) is 5.91 Å². The summed E-state index contributed by atoms with van der Waals surface area (Å²) in [7, 11) is -6.49. The third kappa shape index (κ3) is 13.6. The van der Waals surface area contributed by atoms with E-state index >= 15 is 0 Å². The van der Waals surface area contributed by atoms with E-state index in [0.717, 1.165) is 74.5 Å². The molecule has 2 saturated carbocycles. The summed E-state index contributed by atoms with van der Waals surface area (Å²) in [5.74, 6) is 0.249. The highest BCUT2D eigenvalue weighted by Crippen LogP contribution is 2.36. The molecule has 2 fully saturated rings. The molecule has 0 saturated heterocycles. The van der Waals surface area contributed by atoms with Gasteiger partial charge in [0.25, 0.3) is 31.9 Å². The van der Waals surface area contributed by atoms with Crippen molar-refractivity contribution in [3.05, 3.63) is 100 Å². The van der Waals surface area contributed by atoms with Gasteiger partial charge >= 0.3 is 18.1 Å². The van der Waals surface area contributed by atoms with E-state index in [9.17, 15) is 45.6 Å². The largest absolute Gasteiger partial charge is 0.497 e. The minimum atomic E-state index is -4.03. The molecular formula is C51H67N7O11S2. The topological polar surface area (TPSA) is 247 Å². The van der Waals surface area contributed by atoms with Gasteiger partial charge < -0.3 is 20.7 Å². The number of imide groups is 2. The Labute approximate surface area is 417 Å². The third-order valence-corrected chi connectivity index (χ3v) is 16.4. The Morgan fingerprint density at radius 1 is 0.718 bits per heavy atom. The second-order valence-electron chi connectivity index (χ2n) is 19.3. The van der Waals surface area contributed by atoms with Crippen LogP contribution in [0.2, 0.25) is 0 Å². The molecule has 3 aromatic carbocycles. The van der Waals surface area contributed by atoms with Crippen molar-refractivity contribution >= 4 is 55.9 Å². The number of amides is 9. The van der Waals surface area contributed by atoms with Crippen LogP contribution in [0.1, 0.15) is 126 Å². The number of carbonyl (C=O) groups excluding carboxylic acids is 6. The van der Waals surface area contributed by atoms with E-state index < -0.39 is 43.6 Å². The van der Waals surface area contributed by atoms with Crippen molar-refractivity contribution in [2.24, 2.45) is 5.92 Å². The summed E-state index contributed by atoms with van der Waals surface area (Å²) in [5.41, 5.74) is 3.38. The first-order chi connectivity index (χ1) is 33.6. The van der Waals surface area contributed by atoms with Gasteiger partial charge in [-0.25, -0.2) is 40.7 Å². The first kappa shape index (κ1) is 54.1. The number of nitrogens with zero attached hydrogens (tertiary/aromatic N) is 2. The number of hydrogen-bond acceptors (Lipinski definition) is 11. The number of sulfonamides is 2. The van der Waals surface area contributed by atoms with Crippen LogP contribution in [0.25, 0.3) is 0 Å². The van der Waals surface area contributed by atoms with E-state index in [1.54, 1.807) is 56.3 Å². The summed E-state index contributed by atoms with van der Waals surface area (Å²) < 4.78 is 59.8. The lowest BCUT2D eigenvalue weighted by Gasteiger charge is -2.37. The number of benzene rings is 3. The normalized spacial score (nSPS) is 19.3. The summed E-state index contributed by atoms with van der Waals surface area (Å²) in [4.78, 5) is 77.7. The first-order valence-electron chi connectivity index (χ1n) is 24.3. The Kier molecular flexibility index (Phi) is 17.7. The Morgan fingerprint density at radius 3 is 1.77 bits per heavy atom. The Morgan fingerprint density at radius 2 is 1.25 bits per heavy atom. The van der Waals surface area contributed by atoms with E-state index in [1.807, 2.05) is 13.8 Å². The summed E-state index contributed by atoms with van der Waals surface area (Å²) in [6.45, 7) is 10.2. The van der Waals surface area contributed by atoms with Gasteiger partial charge in [0.05, 0.1) is 28.9 Å². The molecule has 20 heteroatoms. The maximum Gasteiger partial charge on any atom is 0.328 e. The zero-order valence-corrected chi connectivity index (χ0v) is 43.0. The van der Waals surface area contributed by atoms with Gasteiger partial charge in [0, 0.05) is 36.3 Å². The summed E-state index contributed by atoms with van der Waals surface area (Å²) in [6.07, 6.45) is 10.0. The number of rotatable bonds is 14. The smallest absolute Gasteiger partial charge is 0.328 e. The van der Waals surface area contributed by atoms with Crippen LogP contribution in [0, 0.1) is 5.92 Å².